The minimum atomic E-state index is -0.454. The van der Waals surface area contributed by atoms with Gasteiger partial charge in [0.25, 0.3) is 0 Å². The Balaban J connectivity index is 2.96. The summed E-state index contributed by atoms with van der Waals surface area (Å²) in [4.78, 5) is 12.1. The zero-order valence-electron chi connectivity index (χ0n) is 10.6. The van der Waals surface area contributed by atoms with E-state index in [9.17, 15) is 4.79 Å². The van der Waals surface area contributed by atoms with Crippen LogP contribution in [0.1, 0.15) is 23.6 Å². The zero-order valence-corrected chi connectivity index (χ0v) is 11.4. The molecule has 1 unspecified atom stereocenters. The highest BCUT2D eigenvalue weighted by Gasteiger charge is 2.17. The number of anilines is 1. The van der Waals surface area contributed by atoms with Gasteiger partial charge in [-0.3, -0.25) is 4.79 Å². The zero-order chi connectivity index (χ0) is 13.2. The van der Waals surface area contributed by atoms with Crippen LogP contribution in [0.25, 0.3) is 0 Å². The van der Waals surface area contributed by atoms with Crippen molar-refractivity contribution in [2.75, 3.05) is 5.32 Å². The summed E-state index contributed by atoms with van der Waals surface area (Å²) in [6.07, 6.45) is 0. The molecule has 4 heteroatoms. The van der Waals surface area contributed by atoms with Gasteiger partial charge in [0.15, 0.2) is 0 Å². The molecule has 0 spiro atoms. The summed E-state index contributed by atoms with van der Waals surface area (Å²) >= 11 is 4.81. The normalized spacial score (nSPS) is 12.0. The van der Waals surface area contributed by atoms with Crippen molar-refractivity contribution in [3.05, 3.63) is 28.8 Å². The monoisotopic (exact) mass is 250 g/mol. The van der Waals surface area contributed by atoms with E-state index in [1.807, 2.05) is 32.9 Å². The molecule has 0 aliphatic rings. The predicted molar refractivity (Wildman–Crippen MR) is 75.2 cm³/mol. The van der Waals surface area contributed by atoms with E-state index in [4.69, 9.17) is 18.0 Å². The number of nitrogens with two attached hydrogens (primary N) is 1. The summed E-state index contributed by atoms with van der Waals surface area (Å²) in [5, 5.41) is 2.88. The van der Waals surface area contributed by atoms with Crippen molar-refractivity contribution in [1.82, 2.24) is 0 Å². The van der Waals surface area contributed by atoms with E-state index in [1.165, 1.54) is 5.56 Å². The Hall–Kier alpha value is -1.42. The predicted octanol–water partition coefficient (Wildman–Crippen LogP) is 2.47. The van der Waals surface area contributed by atoms with E-state index in [0.717, 1.165) is 16.8 Å². The van der Waals surface area contributed by atoms with Crippen LogP contribution in [0.15, 0.2) is 12.1 Å². The van der Waals surface area contributed by atoms with E-state index in [-0.39, 0.29) is 10.9 Å². The first-order chi connectivity index (χ1) is 7.82. The second-order valence-corrected chi connectivity index (χ2v) is 4.86. The van der Waals surface area contributed by atoms with E-state index in [0.29, 0.717) is 0 Å². The molecule has 3 N–H and O–H groups in total. The third kappa shape index (κ3) is 3.27. The molecule has 0 bridgehead atoms. The van der Waals surface area contributed by atoms with Crippen LogP contribution in [-0.2, 0) is 4.79 Å². The number of hydrogen-bond donors (Lipinski definition) is 2. The summed E-state index contributed by atoms with van der Waals surface area (Å²) in [6, 6.07) is 4.07. The fourth-order valence-electron chi connectivity index (χ4n) is 1.74. The van der Waals surface area contributed by atoms with Crippen molar-refractivity contribution in [3.63, 3.8) is 0 Å². The van der Waals surface area contributed by atoms with Crippen LogP contribution in [0, 0.1) is 26.7 Å². The van der Waals surface area contributed by atoms with E-state index in [1.54, 1.807) is 6.92 Å². The average molecular weight is 250 g/mol. The Morgan fingerprint density at radius 1 is 1.29 bits per heavy atom. The summed E-state index contributed by atoms with van der Waals surface area (Å²) in [5.74, 6) is -0.613. The molecule has 92 valence electrons. The molecule has 0 saturated heterocycles. The average Bonchev–Trinajstić information content (AvgIpc) is 2.21. The number of rotatable bonds is 3. The molecule has 0 aliphatic heterocycles. The molecule has 0 heterocycles. The van der Waals surface area contributed by atoms with Gasteiger partial charge in [-0.1, -0.05) is 29.9 Å². The molecule has 0 aliphatic carbocycles. The molecular weight excluding hydrogens is 232 g/mol. The molecule has 17 heavy (non-hydrogen) atoms. The van der Waals surface area contributed by atoms with Gasteiger partial charge < -0.3 is 11.1 Å². The number of carbonyl (C=O) groups excluding carboxylic acids is 1. The Labute approximate surface area is 107 Å². The molecule has 1 aromatic carbocycles. The second-order valence-electron chi connectivity index (χ2n) is 4.39. The smallest absolute Gasteiger partial charge is 0.234 e. The number of nitrogens with one attached hydrogen (secondary N) is 1. The largest absolute Gasteiger partial charge is 0.393 e. The molecule has 0 fully saturated rings. The van der Waals surface area contributed by atoms with Gasteiger partial charge in [0.05, 0.1) is 10.9 Å². The van der Waals surface area contributed by atoms with Crippen LogP contribution in [0.2, 0.25) is 0 Å². The van der Waals surface area contributed by atoms with Gasteiger partial charge in [-0.25, -0.2) is 0 Å². The molecule has 0 radical (unpaired) electrons. The van der Waals surface area contributed by atoms with E-state index in [2.05, 4.69) is 5.32 Å². The van der Waals surface area contributed by atoms with Crippen molar-refractivity contribution in [1.29, 1.82) is 0 Å². The van der Waals surface area contributed by atoms with Crippen molar-refractivity contribution in [2.45, 2.75) is 27.7 Å². The number of hydrogen-bond acceptors (Lipinski definition) is 2. The highest BCUT2D eigenvalue weighted by Crippen LogP contribution is 2.22. The Morgan fingerprint density at radius 2 is 1.76 bits per heavy atom. The Morgan fingerprint density at radius 3 is 2.18 bits per heavy atom. The quantitative estimate of drug-likeness (QED) is 0.810. The van der Waals surface area contributed by atoms with Gasteiger partial charge >= 0.3 is 0 Å². The first-order valence-corrected chi connectivity index (χ1v) is 5.91. The number of carbonyl (C=O) groups is 1. The van der Waals surface area contributed by atoms with E-state index >= 15 is 0 Å². The molecule has 0 aromatic heterocycles. The van der Waals surface area contributed by atoms with Crippen LogP contribution in [0.3, 0.4) is 0 Å². The molecular formula is C13H18N2OS. The maximum absolute atomic E-state index is 11.9. The van der Waals surface area contributed by atoms with Crippen molar-refractivity contribution < 1.29 is 4.79 Å². The van der Waals surface area contributed by atoms with Crippen LogP contribution >= 0.6 is 12.2 Å². The minimum absolute atomic E-state index is 0.160. The lowest BCUT2D eigenvalue weighted by molar-refractivity contribution is -0.117. The SMILES string of the molecule is Cc1cc(C)c(NC(=O)C(C)C(N)=S)c(C)c1. The van der Waals surface area contributed by atoms with E-state index < -0.39 is 5.92 Å². The first kappa shape index (κ1) is 13.6. The number of aryl methyl sites for hydroxylation is 3. The maximum atomic E-state index is 11.9. The number of thiocarbonyl (C=S) groups is 1. The van der Waals surface area contributed by atoms with Gasteiger partial charge in [0.1, 0.15) is 0 Å². The Kier molecular flexibility index (Phi) is 4.23. The fourth-order valence-corrected chi connectivity index (χ4v) is 1.84. The summed E-state index contributed by atoms with van der Waals surface area (Å²) in [7, 11) is 0. The van der Waals surface area contributed by atoms with Crippen LogP contribution in [0.4, 0.5) is 5.69 Å². The first-order valence-electron chi connectivity index (χ1n) is 5.51. The molecule has 1 atom stereocenters. The standard InChI is InChI=1S/C13H18N2OS/c1-7-5-8(2)11(9(3)6-7)15-13(16)10(4)12(14)17/h5-6,10H,1-4H3,(H2,14,17)(H,15,16). The van der Waals surface area contributed by atoms with Gasteiger partial charge in [-0.2, -0.15) is 0 Å². The van der Waals surface area contributed by atoms with Crippen LogP contribution in [-0.4, -0.2) is 10.9 Å². The number of amides is 1. The molecule has 3 nitrogen and oxygen atoms in total. The molecule has 1 amide bonds. The summed E-state index contributed by atoms with van der Waals surface area (Å²) < 4.78 is 0. The minimum Gasteiger partial charge on any atom is -0.393 e. The maximum Gasteiger partial charge on any atom is 0.234 e. The van der Waals surface area contributed by atoms with Crippen molar-refractivity contribution in [2.24, 2.45) is 11.7 Å². The lowest BCUT2D eigenvalue weighted by atomic mass is 10.0. The van der Waals surface area contributed by atoms with Gasteiger partial charge in [-0.15, -0.1) is 0 Å². The molecule has 0 saturated carbocycles. The lowest BCUT2D eigenvalue weighted by Crippen LogP contribution is -2.31. The summed E-state index contributed by atoms with van der Waals surface area (Å²) in [6.45, 7) is 7.68. The molecule has 1 aromatic rings. The summed E-state index contributed by atoms with van der Waals surface area (Å²) in [5.41, 5.74) is 9.59. The third-order valence-corrected chi connectivity index (χ3v) is 3.10. The van der Waals surface area contributed by atoms with Crippen LogP contribution in [0.5, 0.6) is 0 Å². The van der Waals surface area contributed by atoms with Crippen LogP contribution < -0.4 is 11.1 Å². The van der Waals surface area contributed by atoms with Gasteiger partial charge in [0.2, 0.25) is 5.91 Å². The highest BCUT2D eigenvalue weighted by atomic mass is 32.1. The van der Waals surface area contributed by atoms with Crippen molar-refractivity contribution in [3.8, 4) is 0 Å². The second kappa shape index (κ2) is 5.27. The lowest BCUT2D eigenvalue weighted by Gasteiger charge is -2.15. The van der Waals surface area contributed by atoms with Gasteiger partial charge in [0, 0.05) is 5.69 Å². The molecule has 1 rings (SSSR count). The number of benzene rings is 1. The van der Waals surface area contributed by atoms with Gasteiger partial charge in [-0.05, 0) is 38.8 Å². The third-order valence-electron chi connectivity index (χ3n) is 2.75. The highest BCUT2D eigenvalue weighted by molar-refractivity contribution is 7.80. The topological polar surface area (TPSA) is 55.1 Å². The fraction of sp³-hybridized carbons (Fsp3) is 0.385. The van der Waals surface area contributed by atoms with Crippen molar-refractivity contribution >= 4 is 28.8 Å². The Bertz CT molecular complexity index is 445.